The second kappa shape index (κ2) is 7.13. The normalized spacial score (nSPS) is 10.7. The summed E-state index contributed by atoms with van der Waals surface area (Å²) in [4.78, 5) is 39.7. The van der Waals surface area contributed by atoms with Crippen LogP contribution in [0.1, 0.15) is 22.2 Å². The molecule has 0 saturated heterocycles. The van der Waals surface area contributed by atoms with E-state index in [4.69, 9.17) is 4.52 Å². The van der Waals surface area contributed by atoms with Crippen LogP contribution >= 0.6 is 0 Å². The van der Waals surface area contributed by atoms with Crippen molar-refractivity contribution in [3.05, 3.63) is 52.0 Å². The maximum Gasteiger partial charge on any atom is 0.292 e. The van der Waals surface area contributed by atoms with Gasteiger partial charge < -0.3 is 15.2 Å². The molecule has 0 saturated carbocycles. The molecule has 1 aromatic carbocycles. The van der Waals surface area contributed by atoms with E-state index < -0.39 is 11.8 Å². The van der Waals surface area contributed by atoms with E-state index >= 15 is 0 Å². The molecule has 2 N–H and O–H groups in total. The summed E-state index contributed by atoms with van der Waals surface area (Å²) >= 11 is 0. The van der Waals surface area contributed by atoms with Gasteiger partial charge in [0.2, 0.25) is 11.8 Å². The van der Waals surface area contributed by atoms with Crippen LogP contribution in [0.25, 0.3) is 10.8 Å². The number of hydrogen-bond donors (Lipinski definition) is 2. The average Bonchev–Trinajstić information content (AvgIpc) is 3.13. The van der Waals surface area contributed by atoms with Crippen molar-refractivity contribution in [1.29, 1.82) is 0 Å². The number of carbonyl (C=O) groups excluding carboxylic acids is 2. The summed E-state index contributed by atoms with van der Waals surface area (Å²) in [5.41, 5.74) is 0.307. The minimum Gasteiger partial charge on any atom is -0.352 e. The lowest BCUT2D eigenvalue weighted by Crippen LogP contribution is -2.34. The van der Waals surface area contributed by atoms with Crippen molar-refractivity contribution in [3.63, 3.8) is 0 Å². The first-order valence-electron chi connectivity index (χ1n) is 7.77. The maximum atomic E-state index is 12.4. The van der Waals surface area contributed by atoms with Crippen LogP contribution in [0.5, 0.6) is 0 Å². The highest BCUT2D eigenvalue weighted by atomic mass is 16.5. The molecule has 3 rings (SSSR count). The third-order valence-electron chi connectivity index (χ3n) is 3.68. The Labute approximate surface area is 147 Å². The molecular formula is C16H16N6O4. The smallest absolute Gasteiger partial charge is 0.292 e. The number of aryl methyl sites for hydroxylation is 1. The van der Waals surface area contributed by atoms with Crippen LogP contribution in [0.3, 0.4) is 0 Å². The molecule has 134 valence electrons. The van der Waals surface area contributed by atoms with Gasteiger partial charge in [0.15, 0.2) is 0 Å². The molecule has 2 heterocycles. The molecule has 10 heteroatoms. The van der Waals surface area contributed by atoms with Crippen LogP contribution < -0.4 is 16.2 Å². The van der Waals surface area contributed by atoms with E-state index in [1.807, 2.05) is 12.1 Å². The van der Waals surface area contributed by atoms with Crippen LogP contribution in [0, 0.1) is 6.92 Å². The van der Waals surface area contributed by atoms with Gasteiger partial charge in [0.05, 0.1) is 17.6 Å². The van der Waals surface area contributed by atoms with Crippen LogP contribution in [0.2, 0.25) is 0 Å². The van der Waals surface area contributed by atoms with Crippen molar-refractivity contribution in [2.75, 3.05) is 7.05 Å². The zero-order chi connectivity index (χ0) is 18.7. The molecule has 0 fully saturated rings. The molecule has 0 unspecified atom stereocenters. The first kappa shape index (κ1) is 17.3. The van der Waals surface area contributed by atoms with Crippen LogP contribution in [0.4, 0.5) is 0 Å². The number of nitrogens with zero attached hydrogens (tertiary/aromatic N) is 4. The number of carbonyl (C=O) groups is 2. The topological polar surface area (TPSA) is 132 Å². The van der Waals surface area contributed by atoms with E-state index in [1.165, 1.54) is 7.05 Å². The van der Waals surface area contributed by atoms with Gasteiger partial charge in [0.1, 0.15) is 6.54 Å². The van der Waals surface area contributed by atoms with Gasteiger partial charge in [-0.3, -0.25) is 14.4 Å². The van der Waals surface area contributed by atoms with E-state index in [2.05, 4.69) is 25.9 Å². The highest BCUT2D eigenvalue weighted by Crippen LogP contribution is 2.11. The number of nitrogens with one attached hydrogen (secondary N) is 2. The molecular weight excluding hydrogens is 340 g/mol. The molecule has 3 aromatic rings. The van der Waals surface area contributed by atoms with Crippen LogP contribution in [0.15, 0.2) is 33.6 Å². The second-order valence-corrected chi connectivity index (χ2v) is 5.46. The fourth-order valence-corrected chi connectivity index (χ4v) is 2.41. The van der Waals surface area contributed by atoms with Crippen molar-refractivity contribution >= 4 is 22.6 Å². The van der Waals surface area contributed by atoms with E-state index in [0.717, 1.165) is 10.1 Å². The number of fused-ring (bicyclic) bond motifs is 1. The van der Waals surface area contributed by atoms with Gasteiger partial charge in [-0.15, -0.1) is 0 Å². The van der Waals surface area contributed by atoms with Gasteiger partial charge in [-0.05, 0) is 13.0 Å². The fourth-order valence-electron chi connectivity index (χ4n) is 2.41. The third-order valence-corrected chi connectivity index (χ3v) is 3.68. The highest BCUT2D eigenvalue weighted by Gasteiger charge is 2.14. The lowest BCUT2D eigenvalue weighted by atomic mass is 10.1. The molecule has 2 aromatic heterocycles. The maximum absolute atomic E-state index is 12.4. The van der Waals surface area contributed by atoms with E-state index in [9.17, 15) is 14.4 Å². The predicted molar refractivity (Wildman–Crippen MR) is 90.3 cm³/mol. The molecule has 0 bridgehead atoms. The van der Waals surface area contributed by atoms with Crippen LogP contribution in [-0.4, -0.2) is 38.8 Å². The number of benzene rings is 1. The van der Waals surface area contributed by atoms with Gasteiger partial charge in [0, 0.05) is 12.4 Å². The van der Waals surface area contributed by atoms with E-state index in [0.29, 0.717) is 11.1 Å². The fraction of sp³-hybridized carbons (Fsp3) is 0.250. The van der Waals surface area contributed by atoms with Crippen molar-refractivity contribution in [1.82, 2.24) is 30.6 Å². The quantitative estimate of drug-likeness (QED) is 0.645. The molecule has 0 atom stereocenters. The Balaban J connectivity index is 1.70. The standard InChI is InChI=1S/C16H16N6O4/c1-9-10-5-3-4-6-11(10)16(25)22(20-9)8-12(23)18-7-13-19-14(21-26-13)15(24)17-2/h3-6H,7-8H2,1-2H3,(H,17,24)(H,18,23). The third kappa shape index (κ3) is 3.43. The van der Waals surface area contributed by atoms with Crippen molar-refractivity contribution in [2.45, 2.75) is 20.0 Å². The zero-order valence-corrected chi connectivity index (χ0v) is 14.1. The summed E-state index contributed by atoms with van der Waals surface area (Å²) in [5.74, 6) is -0.991. The average molecular weight is 356 g/mol. The monoisotopic (exact) mass is 356 g/mol. The van der Waals surface area contributed by atoms with Crippen LogP contribution in [-0.2, 0) is 17.9 Å². The molecule has 0 aliphatic heterocycles. The molecule has 0 aliphatic rings. The van der Waals surface area contributed by atoms with E-state index in [-0.39, 0.29) is 30.4 Å². The zero-order valence-electron chi connectivity index (χ0n) is 14.1. The molecule has 2 amide bonds. The van der Waals surface area contributed by atoms with Gasteiger partial charge in [-0.25, -0.2) is 4.68 Å². The largest absolute Gasteiger partial charge is 0.352 e. The van der Waals surface area contributed by atoms with Gasteiger partial charge in [-0.2, -0.15) is 10.1 Å². The summed E-state index contributed by atoms with van der Waals surface area (Å²) < 4.78 is 5.98. The SMILES string of the molecule is CNC(=O)c1noc(CNC(=O)Cn2nc(C)c3ccccc3c2=O)n1. The number of hydrogen-bond acceptors (Lipinski definition) is 7. The highest BCUT2D eigenvalue weighted by molar-refractivity contribution is 5.89. The second-order valence-electron chi connectivity index (χ2n) is 5.46. The van der Waals surface area contributed by atoms with E-state index in [1.54, 1.807) is 19.1 Å². The summed E-state index contributed by atoms with van der Waals surface area (Å²) in [7, 11) is 1.44. The lowest BCUT2D eigenvalue weighted by molar-refractivity contribution is -0.122. The van der Waals surface area contributed by atoms with Crippen molar-refractivity contribution < 1.29 is 14.1 Å². The first-order chi connectivity index (χ1) is 12.5. The summed E-state index contributed by atoms with van der Waals surface area (Å²) in [6.07, 6.45) is 0. The number of rotatable bonds is 5. The summed E-state index contributed by atoms with van der Waals surface area (Å²) in [5, 5.41) is 13.8. The number of aromatic nitrogens is 4. The van der Waals surface area contributed by atoms with Gasteiger partial charge in [0.25, 0.3) is 17.3 Å². The molecule has 0 aliphatic carbocycles. The number of amides is 2. The Hall–Kier alpha value is -3.56. The predicted octanol–water partition coefficient (Wildman–Crippen LogP) is -0.236. The Kier molecular flexibility index (Phi) is 4.74. The van der Waals surface area contributed by atoms with Gasteiger partial charge in [-0.1, -0.05) is 23.4 Å². The van der Waals surface area contributed by atoms with Crippen molar-refractivity contribution in [3.8, 4) is 0 Å². The minimum atomic E-state index is -0.492. The lowest BCUT2D eigenvalue weighted by Gasteiger charge is -2.08. The Morgan fingerprint density at radius 1 is 1.23 bits per heavy atom. The molecule has 0 radical (unpaired) electrons. The Morgan fingerprint density at radius 2 is 1.96 bits per heavy atom. The molecule has 26 heavy (non-hydrogen) atoms. The Bertz CT molecular complexity index is 1040. The first-order valence-corrected chi connectivity index (χ1v) is 7.77. The minimum absolute atomic E-state index is 0.0653. The summed E-state index contributed by atoms with van der Waals surface area (Å²) in [6.45, 7) is 1.46. The summed E-state index contributed by atoms with van der Waals surface area (Å²) in [6, 6.07) is 7.08. The van der Waals surface area contributed by atoms with Crippen molar-refractivity contribution in [2.24, 2.45) is 0 Å². The molecule has 10 nitrogen and oxygen atoms in total. The van der Waals surface area contributed by atoms with Gasteiger partial charge >= 0.3 is 0 Å². The Morgan fingerprint density at radius 3 is 2.69 bits per heavy atom. The molecule has 0 spiro atoms.